The monoisotopic (exact) mass is 569 g/mol. The van der Waals surface area contributed by atoms with Gasteiger partial charge in [0.15, 0.2) is 0 Å². The van der Waals surface area contributed by atoms with E-state index in [0.29, 0.717) is 33.8 Å². The fourth-order valence-corrected chi connectivity index (χ4v) is 5.78. The second-order valence-corrected chi connectivity index (χ2v) is 12.6. The molecule has 0 unspecified atom stereocenters. The Balaban J connectivity index is 1.08. The van der Waals surface area contributed by atoms with Crippen molar-refractivity contribution in [2.24, 2.45) is 0 Å². The maximum Gasteiger partial charge on any atom is 0.496 e. The van der Waals surface area contributed by atoms with Crippen LogP contribution in [0.25, 0.3) is 11.3 Å². The molecule has 2 aromatic heterocycles. The Morgan fingerprint density at radius 3 is 2.23 bits per heavy atom. The molecule has 1 saturated carbocycles. The highest BCUT2D eigenvalue weighted by Crippen LogP contribution is 2.46. The van der Waals surface area contributed by atoms with Crippen LogP contribution in [-0.4, -0.2) is 47.7 Å². The molecule has 0 bridgehead atoms. The van der Waals surface area contributed by atoms with Crippen molar-refractivity contribution < 1.29 is 18.6 Å². The molecule has 3 aromatic rings. The van der Waals surface area contributed by atoms with Crippen LogP contribution in [0.5, 0.6) is 0 Å². The summed E-state index contributed by atoms with van der Waals surface area (Å²) in [4.78, 5) is 7.04. The number of halogens is 2. The smallest absolute Gasteiger partial charge is 0.399 e. The highest BCUT2D eigenvalue weighted by molar-refractivity contribution is 6.62. The average Bonchev–Trinajstić information content (AvgIpc) is 3.62. The lowest BCUT2D eigenvalue weighted by molar-refractivity contribution is 0.00578. The van der Waals surface area contributed by atoms with Gasteiger partial charge in [-0.1, -0.05) is 40.5 Å². The van der Waals surface area contributed by atoms with Gasteiger partial charge in [-0.2, -0.15) is 0 Å². The quantitative estimate of drug-likeness (QED) is 0.305. The minimum Gasteiger partial charge on any atom is -0.399 e. The van der Waals surface area contributed by atoms with Gasteiger partial charge in [0.25, 0.3) is 0 Å². The summed E-state index contributed by atoms with van der Waals surface area (Å²) in [7, 11) is -0.404. The normalized spacial score (nSPS) is 21.1. The van der Waals surface area contributed by atoms with Gasteiger partial charge in [0.2, 0.25) is 0 Å². The largest absolute Gasteiger partial charge is 0.496 e. The molecule has 0 atom stereocenters. The first-order chi connectivity index (χ1) is 18.6. The maximum absolute atomic E-state index is 6.50. The van der Waals surface area contributed by atoms with Gasteiger partial charge in [-0.25, -0.2) is 4.98 Å². The van der Waals surface area contributed by atoms with Gasteiger partial charge in [-0.3, -0.25) is 0 Å². The summed E-state index contributed by atoms with van der Waals surface area (Å²) >= 11 is 13.0. The molecule has 206 valence electrons. The van der Waals surface area contributed by atoms with E-state index in [4.69, 9.17) is 46.8 Å². The minimum atomic E-state index is -0.404. The number of hydrogen-bond acceptors (Lipinski definition) is 7. The van der Waals surface area contributed by atoms with Crippen LogP contribution >= 0.6 is 23.2 Å². The number of aromatic nitrogens is 2. The molecular weight excluding hydrogens is 536 g/mol. The Bertz CT molecular complexity index is 1300. The van der Waals surface area contributed by atoms with E-state index in [1.807, 2.05) is 24.4 Å². The fraction of sp³-hybridized carbons (Fsp3) is 0.517. The molecule has 7 nitrogen and oxygen atoms in total. The molecular formula is C29H34BCl2N3O4. The SMILES string of the molecule is CC1(C)OB(c2ccc(N3CCC(OCc4c(-c5c(Cl)cccc5Cl)noc4C4CC4)CC3)nc2)OC1(C)C. The summed E-state index contributed by atoms with van der Waals surface area (Å²) in [6.45, 7) is 10.4. The average molecular weight is 570 g/mol. The zero-order valence-corrected chi connectivity index (χ0v) is 24.4. The lowest BCUT2D eigenvalue weighted by atomic mass is 9.80. The number of rotatable bonds is 7. The van der Waals surface area contributed by atoms with E-state index in [1.165, 1.54) is 0 Å². The molecule has 3 fully saturated rings. The van der Waals surface area contributed by atoms with Gasteiger partial charge in [0, 0.05) is 41.8 Å². The lowest BCUT2D eigenvalue weighted by Gasteiger charge is -2.32. The Labute approximate surface area is 240 Å². The number of nitrogens with zero attached hydrogens (tertiary/aromatic N) is 3. The summed E-state index contributed by atoms with van der Waals surface area (Å²) in [5.41, 5.74) is 2.56. The second kappa shape index (κ2) is 10.4. The zero-order valence-electron chi connectivity index (χ0n) is 22.9. The lowest BCUT2D eigenvalue weighted by Crippen LogP contribution is -2.41. The minimum absolute atomic E-state index is 0.141. The van der Waals surface area contributed by atoms with Crippen LogP contribution in [-0.2, 0) is 20.7 Å². The second-order valence-electron chi connectivity index (χ2n) is 11.8. The van der Waals surface area contributed by atoms with Gasteiger partial charge in [-0.05, 0) is 71.6 Å². The van der Waals surface area contributed by atoms with Crippen LogP contribution in [0.3, 0.4) is 0 Å². The highest BCUT2D eigenvalue weighted by Gasteiger charge is 2.51. The number of ether oxygens (including phenoxy) is 1. The number of hydrogen-bond donors (Lipinski definition) is 0. The molecule has 0 radical (unpaired) electrons. The third kappa shape index (κ3) is 5.34. The molecule has 39 heavy (non-hydrogen) atoms. The first-order valence-electron chi connectivity index (χ1n) is 13.7. The molecule has 0 amide bonds. The number of piperidine rings is 1. The first kappa shape index (κ1) is 27.1. The van der Waals surface area contributed by atoms with Crippen LogP contribution < -0.4 is 10.4 Å². The first-order valence-corrected chi connectivity index (χ1v) is 14.5. The Morgan fingerprint density at radius 2 is 1.64 bits per heavy atom. The van der Waals surface area contributed by atoms with Gasteiger partial charge < -0.3 is 23.5 Å². The van der Waals surface area contributed by atoms with E-state index in [2.05, 4.69) is 49.9 Å². The fourth-order valence-electron chi connectivity index (χ4n) is 5.20. The van der Waals surface area contributed by atoms with Gasteiger partial charge in [0.05, 0.1) is 34.0 Å². The summed E-state index contributed by atoms with van der Waals surface area (Å²) in [5.74, 6) is 2.27. The van der Waals surface area contributed by atoms with E-state index in [-0.39, 0.29) is 17.3 Å². The third-order valence-electron chi connectivity index (χ3n) is 8.49. The topological polar surface area (TPSA) is 69.9 Å². The van der Waals surface area contributed by atoms with Crippen molar-refractivity contribution >= 4 is 41.6 Å². The van der Waals surface area contributed by atoms with E-state index < -0.39 is 7.12 Å². The summed E-state index contributed by atoms with van der Waals surface area (Å²) in [6, 6.07) is 9.59. The van der Waals surface area contributed by atoms with Gasteiger partial charge in [-0.15, -0.1) is 0 Å². The van der Waals surface area contributed by atoms with Crippen LogP contribution in [0, 0.1) is 0 Å². The van der Waals surface area contributed by atoms with Crippen LogP contribution in [0.1, 0.15) is 70.6 Å². The molecule has 10 heteroatoms. The maximum atomic E-state index is 6.50. The summed E-state index contributed by atoms with van der Waals surface area (Å²) in [6.07, 6.45) is 6.04. The molecule has 0 spiro atoms. The molecule has 3 aliphatic rings. The van der Waals surface area contributed by atoms with Crippen molar-refractivity contribution in [1.29, 1.82) is 0 Å². The number of benzene rings is 1. The third-order valence-corrected chi connectivity index (χ3v) is 9.12. The van der Waals surface area contributed by atoms with E-state index in [0.717, 1.165) is 61.4 Å². The molecule has 4 heterocycles. The van der Waals surface area contributed by atoms with Crippen molar-refractivity contribution in [2.45, 2.75) is 83.2 Å². The molecule has 2 aliphatic heterocycles. The van der Waals surface area contributed by atoms with Crippen molar-refractivity contribution in [3.8, 4) is 11.3 Å². The molecule has 1 aliphatic carbocycles. The Hall–Kier alpha value is -2.10. The predicted octanol–water partition coefficient (Wildman–Crippen LogP) is 6.41. The van der Waals surface area contributed by atoms with Gasteiger partial charge in [0.1, 0.15) is 17.3 Å². The Morgan fingerprint density at radius 1 is 0.974 bits per heavy atom. The number of anilines is 1. The molecule has 6 rings (SSSR count). The van der Waals surface area contributed by atoms with Crippen molar-refractivity contribution in [3.63, 3.8) is 0 Å². The Kier molecular flexibility index (Phi) is 7.21. The van der Waals surface area contributed by atoms with Crippen molar-refractivity contribution in [2.75, 3.05) is 18.0 Å². The van der Waals surface area contributed by atoms with E-state index in [1.54, 1.807) is 0 Å². The molecule has 1 aromatic carbocycles. The van der Waals surface area contributed by atoms with Gasteiger partial charge >= 0.3 is 7.12 Å². The standard InChI is InChI=1S/C29H34BCl2N3O4/c1-28(2)29(3,4)39-30(38-28)19-10-11-24(33-16-19)35-14-12-20(13-15-35)36-17-21-26(34-37-27(21)18-8-9-18)25-22(31)6-5-7-23(25)32/h5-7,10-11,16,18,20H,8-9,12-15,17H2,1-4H3. The zero-order chi connectivity index (χ0) is 27.4. The van der Waals surface area contributed by atoms with Crippen molar-refractivity contribution in [1.82, 2.24) is 10.1 Å². The summed E-state index contributed by atoms with van der Waals surface area (Å²) < 4.78 is 24.5. The van der Waals surface area contributed by atoms with E-state index in [9.17, 15) is 0 Å². The molecule has 2 saturated heterocycles. The van der Waals surface area contributed by atoms with Crippen LogP contribution in [0.4, 0.5) is 5.82 Å². The van der Waals surface area contributed by atoms with Crippen LogP contribution in [0.15, 0.2) is 41.1 Å². The summed E-state index contributed by atoms with van der Waals surface area (Å²) in [5, 5.41) is 5.50. The highest BCUT2D eigenvalue weighted by atomic mass is 35.5. The number of pyridine rings is 1. The molecule has 0 N–H and O–H groups in total. The van der Waals surface area contributed by atoms with Crippen molar-refractivity contribution in [3.05, 3.63) is 57.9 Å². The predicted molar refractivity (Wildman–Crippen MR) is 154 cm³/mol. The van der Waals surface area contributed by atoms with Crippen LogP contribution in [0.2, 0.25) is 10.0 Å². The van der Waals surface area contributed by atoms with E-state index >= 15 is 0 Å².